The first-order chi connectivity index (χ1) is 18.7. The largest absolute Gasteiger partial charge is 0.399 e. The number of hydrogen-bond donors (Lipinski definition) is 1. The monoisotopic (exact) mass is 494 g/mol. The number of fused-ring (bicyclic) bond motifs is 2. The van der Waals surface area contributed by atoms with Crippen LogP contribution >= 0.6 is 0 Å². The Bertz CT molecular complexity index is 1820. The molecule has 0 bridgehead atoms. The van der Waals surface area contributed by atoms with Crippen molar-refractivity contribution >= 4 is 17.0 Å². The Kier molecular flexibility index (Phi) is 6.35. The zero-order valence-electron chi connectivity index (χ0n) is 20.7. The van der Waals surface area contributed by atoms with Crippen molar-refractivity contribution in [2.24, 2.45) is 0 Å². The normalized spacial score (nSPS) is 10.8. The predicted octanol–water partition coefficient (Wildman–Crippen LogP) is 6.57. The van der Waals surface area contributed by atoms with Gasteiger partial charge in [0, 0.05) is 41.6 Å². The van der Waals surface area contributed by atoms with E-state index >= 15 is 0 Å². The van der Waals surface area contributed by atoms with Gasteiger partial charge < -0.3 is 5.73 Å². The van der Waals surface area contributed by atoms with E-state index < -0.39 is 0 Å². The molecule has 2 aromatic carbocycles. The van der Waals surface area contributed by atoms with E-state index in [0.29, 0.717) is 0 Å². The molecule has 0 aliphatic rings. The number of aromatic nitrogens is 5. The second-order valence-corrected chi connectivity index (χ2v) is 9.01. The van der Waals surface area contributed by atoms with Crippen molar-refractivity contribution < 1.29 is 0 Å². The molecule has 0 fully saturated rings. The standard InChI is InChI=1S/C19H15N3.C13H11N3/c1-2-10-22-18(14-21-19(22)8-1)17-7-3-5-15(12-17)11-16-6-4-9-20-13-16;14-11-5-3-4-10(8-11)12-9-15-13-6-1-2-7-16(12)13/h1-10,12-14H,11H2;1-9H,14H2. The highest BCUT2D eigenvalue weighted by Crippen LogP contribution is 2.23. The summed E-state index contributed by atoms with van der Waals surface area (Å²) in [6, 6.07) is 32.5. The molecule has 6 heteroatoms. The van der Waals surface area contributed by atoms with Crippen molar-refractivity contribution in [3.63, 3.8) is 0 Å². The average Bonchev–Trinajstić information content (AvgIpc) is 3.59. The number of pyridine rings is 3. The van der Waals surface area contributed by atoms with Gasteiger partial charge in [0.1, 0.15) is 11.3 Å². The minimum absolute atomic E-state index is 0.767. The fourth-order valence-electron chi connectivity index (χ4n) is 4.57. The summed E-state index contributed by atoms with van der Waals surface area (Å²) in [6.07, 6.45) is 12.5. The van der Waals surface area contributed by atoms with Gasteiger partial charge in [-0.05, 0) is 66.1 Å². The number of hydrogen-bond acceptors (Lipinski definition) is 4. The molecule has 6 nitrogen and oxygen atoms in total. The van der Waals surface area contributed by atoms with Crippen LogP contribution in [0.4, 0.5) is 5.69 Å². The first kappa shape index (κ1) is 23.2. The SMILES string of the molecule is Nc1cccc(-c2cnc3ccccn23)c1.c1cncc(Cc2cccc(-c3cnc4ccccn34)c2)c1. The lowest BCUT2D eigenvalue weighted by atomic mass is 10.0. The fourth-order valence-corrected chi connectivity index (χ4v) is 4.57. The molecule has 0 aliphatic heterocycles. The summed E-state index contributed by atoms with van der Waals surface area (Å²) in [6.45, 7) is 0. The summed E-state index contributed by atoms with van der Waals surface area (Å²) in [4.78, 5) is 13.0. The third-order valence-corrected chi connectivity index (χ3v) is 6.37. The fraction of sp³-hybridized carbons (Fsp3) is 0.0312. The van der Waals surface area contributed by atoms with Gasteiger partial charge in [0.2, 0.25) is 0 Å². The Hall–Kier alpha value is -5.23. The number of nitrogen functional groups attached to an aromatic ring is 1. The second-order valence-electron chi connectivity index (χ2n) is 9.01. The quantitative estimate of drug-likeness (QED) is 0.281. The molecule has 0 saturated heterocycles. The van der Waals surface area contributed by atoms with Crippen LogP contribution in [0, 0.1) is 0 Å². The maximum atomic E-state index is 5.78. The van der Waals surface area contributed by atoms with Crippen molar-refractivity contribution in [3.8, 4) is 22.5 Å². The van der Waals surface area contributed by atoms with Gasteiger partial charge in [0.15, 0.2) is 0 Å². The Morgan fingerprint density at radius 3 is 1.84 bits per heavy atom. The third kappa shape index (κ3) is 4.88. The first-order valence-electron chi connectivity index (χ1n) is 12.4. The van der Waals surface area contributed by atoms with Crippen LogP contribution in [-0.4, -0.2) is 23.8 Å². The lowest BCUT2D eigenvalue weighted by Crippen LogP contribution is -1.91. The van der Waals surface area contributed by atoms with Gasteiger partial charge in [0.05, 0.1) is 23.8 Å². The molecule has 7 rings (SSSR count). The summed E-state index contributed by atoms with van der Waals surface area (Å²) < 4.78 is 4.16. The summed E-state index contributed by atoms with van der Waals surface area (Å²) >= 11 is 0. The van der Waals surface area contributed by atoms with E-state index in [1.807, 2.05) is 97.7 Å². The van der Waals surface area contributed by atoms with E-state index in [1.54, 1.807) is 6.20 Å². The molecule has 0 spiro atoms. The van der Waals surface area contributed by atoms with Crippen molar-refractivity contribution in [1.29, 1.82) is 0 Å². The topological polar surface area (TPSA) is 73.5 Å². The van der Waals surface area contributed by atoms with E-state index in [2.05, 4.69) is 54.1 Å². The smallest absolute Gasteiger partial charge is 0.137 e. The molecule has 0 atom stereocenters. The molecule has 0 amide bonds. The van der Waals surface area contributed by atoms with Gasteiger partial charge in [0.25, 0.3) is 0 Å². The number of imidazole rings is 2. The molecule has 0 radical (unpaired) electrons. The minimum atomic E-state index is 0.767. The van der Waals surface area contributed by atoms with E-state index in [9.17, 15) is 0 Å². The molecule has 5 aromatic heterocycles. The van der Waals surface area contributed by atoms with Crippen LogP contribution in [0.5, 0.6) is 0 Å². The minimum Gasteiger partial charge on any atom is -0.399 e. The van der Waals surface area contributed by atoms with Crippen molar-refractivity contribution in [1.82, 2.24) is 23.8 Å². The molecular weight excluding hydrogens is 468 g/mol. The number of nitrogens with two attached hydrogens (primary N) is 1. The third-order valence-electron chi connectivity index (χ3n) is 6.37. The Balaban J connectivity index is 0.000000146. The molecule has 184 valence electrons. The van der Waals surface area contributed by atoms with Crippen molar-refractivity contribution in [2.75, 3.05) is 5.73 Å². The maximum Gasteiger partial charge on any atom is 0.137 e. The predicted molar refractivity (Wildman–Crippen MR) is 153 cm³/mol. The van der Waals surface area contributed by atoms with Gasteiger partial charge in [-0.25, -0.2) is 9.97 Å². The van der Waals surface area contributed by atoms with Crippen molar-refractivity contribution in [2.45, 2.75) is 6.42 Å². The van der Waals surface area contributed by atoms with Crippen LogP contribution in [0.15, 0.2) is 134 Å². The lowest BCUT2D eigenvalue weighted by Gasteiger charge is -2.06. The van der Waals surface area contributed by atoms with Crippen molar-refractivity contribution in [3.05, 3.63) is 145 Å². The highest BCUT2D eigenvalue weighted by Gasteiger charge is 2.07. The number of anilines is 1. The molecule has 5 heterocycles. The van der Waals surface area contributed by atoms with Gasteiger partial charge in [-0.15, -0.1) is 0 Å². The highest BCUT2D eigenvalue weighted by molar-refractivity contribution is 5.67. The molecule has 7 aromatic rings. The Morgan fingerprint density at radius 1 is 0.579 bits per heavy atom. The second kappa shape index (κ2) is 10.4. The molecule has 0 saturated carbocycles. The maximum absolute atomic E-state index is 5.78. The Labute approximate surface area is 220 Å². The molecule has 0 unspecified atom stereocenters. The van der Waals surface area contributed by atoms with Gasteiger partial charge in [-0.2, -0.15) is 0 Å². The van der Waals surface area contributed by atoms with Crippen LogP contribution in [0.2, 0.25) is 0 Å². The molecule has 2 N–H and O–H groups in total. The first-order valence-corrected chi connectivity index (χ1v) is 12.4. The number of benzene rings is 2. The Morgan fingerprint density at radius 2 is 1.21 bits per heavy atom. The lowest BCUT2D eigenvalue weighted by molar-refractivity contribution is 1.14. The van der Waals surface area contributed by atoms with Crippen LogP contribution in [0.3, 0.4) is 0 Å². The summed E-state index contributed by atoms with van der Waals surface area (Å²) in [5.41, 5.74) is 15.4. The van der Waals surface area contributed by atoms with Crippen LogP contribution in [0.1, 0.15) is 11.1 Å². The average molecular weight is 495 g/mol. The highest BCUT2D eigenvalue weighted by atomic mass is 15.0. The number of nitrogens with zero attached hydrogens (tertiary/aromatic N) is 5. The van der Waals surface area contributed by atoms with Gasteiger partial charge in [-0.3, -0.25) is 13.8 Å². The summed E-state index contributed by atoms with van der Waals surface area (Å²) in [5.74, 6) is 0. The van der Waals surface area contributed by atoms with E-state index in [0.717, 1.165) is 40.4 Å². The van der Waals surface area contributed by atoms with Gasteiger partial charge >= 0.3 is 0 Å². The zero-order valence-corrected chi connectivity index (χ0v) is 20.7. The molecule has 0 aliphatic carbocycles. The molecule has 38 heavy (non-hydrogen) atoms. The van der Waals surface area contributed by atoms with Crippen LogP contribution in [0.25, 0.3) is 33.8 Å². The summed E-state index contributed by atoms with van der Waals surface area (Å²) in [5, 5.41) is 0. The summed E-state index contributed by atoms with van der Waals surface area (Å²) in [7, 11) is 0. The number of rotatable bonds is 4. The van der Waals surface area contributed by atoms with E-state index in [4.69, 9.17) is 5.73 Å². The van der Waals surface area contributed by atoms with Crippen LogP contribution in [-0.2, 0) is 6.42 Å². The van der Waals surface area contributed by atoms with Gasteiger partial charge in [-0.1, -0.05) is 48.5 Å². The van der Waals surface area contributed by atoms with Crippen LogP contribution < -0.4 is 5.73 Å². The molecular formula is C32H26N6. The zero-order chi connectivity index (χ0) is 25.7. The van der Waals surface area contributed by atoms with E-state index in [1.165, 1.54) is 16.7 Å². The van der Waals surface area contributed by atoms with E-state index in [-0.39, 0.29) is 0 Å².